The van der Waals surface area contributed by atoms with Gasteiger partial charge in [0.15, 0.2) is 5.78 Å². The third-order valence-corrected chi connectivity index (χ3v) is 10.8. The highest BCUT2D eigenvalue weighted by Gasteiger charge is 2.39. The highest BCUT2D eigenvalue weighted by molar-refractivity contribution is 6.55. The van der Waals surface area contributed by atoms with Crippen LogP contribution in [0, 0.1) is 30.6 Å². The number of ketones is 5. The van der Waals surface area contributed by atoms with Gasteiger partial charge in [-0.3, -0.25) is 24.0 Å². The van der Waals surface area contributed by atoms with Crippen molar-refractivity contribution >= 4 is 34.5 Å². The monoisotopic (exact) mass is 638 g/mol. The predicted octanol–water partition coefficient (Wildman–Crippen LogP) is 8.40. The van der Waals surface area contributed by atoms with Gasteiger partial charge in [0.25, 0.3) is 0 Å². The molecule has 2 aromatic rings. The number of benzene rings is 2. The zero-order valence-electron chi connectivity index (χ0n) is 28.6. The normalized spacial score (nSPS) is 23.8. The number of rotatable bonds is 14. The van der Waals surface area contributed by atoms with Crippen LogP contribution in [-0.4, -0.2) is 36.0 Å². The third-order valence-electron chi connectivity index (χ3n) is 10.8. The Labute approximate surface area is 279 Å². The summed E-state index contributed by atoms with van der Waals surface area (Å²) in [6.07, 6.45) is 10.8. The van der Waals surface area contributed by atoms with Crippen LogP contribution in [0.25, 0.3) is 5.57 Å². The van der Waals surface area contributed by atoms with E-state index in [1.807, 2.05) is 13.8 Å². The van der Waals surface area contributed by atoms with Crippen LogP contribution in [0.1, 0.15) is 129 Å². The molecule has 1 atom stereocenters. The number of carbonyl (C=O) groups is 5. The largest absolute Gasteiger partial charge is 0.496 e. The van der Waals surface area contributed by atoms with Crippen LogP contribution in [-0.2, 0) is 25.6 Å². The topological polar surface area (TPSA) is 94.6 Å². The molecule has 0 amide bonds. The quantitative estimate of drug-likeness (QED) is 0.152. The van der Waals surface area contributed by atoms with E-state index in [4.69, 9.17) is 4.74 Å². The first-order valence-corrected chi connectivity index (χ1v) is 17.8. The molecule has 47 heavy (non-hydrogen) atoms. The molecule has 2 saturated carbocycles. The van der Waals surface area contributed by atoms with E-state index in [0.717, 1.165) is 38.5 Å². The fourth-order valence-electron chi connectivity index (χ4n) is 8.01. The maximum Gasteiger partial charge on any atom is 0.229 e. The molecule has 6 nitrogen and oxygen atoms in total. The number of hydrogen-bond acceptors (Lipinski definition) is 6. The smallest absolute Gasteiger partial charge is 0.229 e. The lowest BCUT2D eigenvalue weighted by atomic mass is 9.75. The van der Waals surface area contributed by atoms with E-state index in [-0.39, 0.29) is 34.8 Å². The van der Waals surface area contributed by atoms with Gasteiger partial charge in [-0.05, 0) is 112 Å². The molecule has 0 aromatic heterocycles. The Morgan fingerprint density at radius 3 is 1.96 bits per heavy atom. The molecule has 0 aliphatic heterocycles. The summed E-state index contributed by atoms with van der Waals surface area (Å²) in [6, 6.07) is 12.1. The van der Waals surface area contributed by atoms with Crippen molar-refractivity contribution in [2.45, 2.75) is 110 Å². The van der Waals surface area contributed by atoms with Crippen molar-refractivity contribution in [3.05, 3.63) is 70.3 Å². The molecule has 2 fully saturated rings. The van der Waals surface area contributed by atoms with Crippen molar-refractivity contribution in [1.29, 1.82) is 0 Å². The Hall–Kier alpha value is -3.67. The van der Waals surface area contributed by atoms with Gasteiger partial charge >= 0.3 is 0 Å². The summed E-state index contributed by atoms with van der Waals surface area (Å²) in [5.74, 6) is -1.15. The average Bonchev–Trinajstić information content (AvgIpc) is 3.47. The number of Topliss-reactive ketones (excluding diaryl/α,β-unsaturated/α-hetero) is 5. The summed E-state index contributed by atoms with van der Waals surface area (Å²) in [5.41, 5.74) is 4.35. The van der Waals surface area contributed by atoms with Gasteiger partial charge in [0.2, 0.25) is 11.6 Å². The van der Waals surface area contributed by atoms with Gasteiger partial charge in [0.1, 0.15) is 17.3 Å². The Bertz CT molecular complexity index is 1530. The van der Waals surface area contributed by atoms with E-state index in [1.54, 1.807) is 18.2 Å². The second kappa shape index (κ2) is 15.5. The van der Waals surface area contributed by atoms with E-state index in [9.17, 15) is 24.0 Å². The minimum absolute atomic E-state index is 0.00466. The number of allylic oxidation sites excluding steroid dienone is 2. The zero-order chi connectivity index (χ0) is 33.7. The van der Waals surface area contributed by atoms with Crippen LogP contribution in [0.3, 0.4) is 0 Å². The van der Waals surface area contributed by atoms with Crippen LogP contribution in [0.15, 0.2) is 42.5 Å². The molecule has 6 heteroatoms. The summed E-state index contributed by atoms with van der Waals surface area (Å²) in [6.45, 7) is 6.02. The molecule has 1 unspecified atom stereocenters. The zero-order valence-corrected chi connectivity index (χ0v) is 28.6. The van der Waals surface area contributed by atoms with Gasteiger partial charge in [0.05, 0.1) is 18.6 Å². The number of ether oxygens (including phenoxy) is 1. The SMILES string of the molecule is CCCC(=O)C1CCC(C(=O)C(=O)C2=CC(C(=O)CCC)c3cc(OC)c(C(=O)C4CCC(Cc5ccc(C)cc5)CC4)cc32)CC1. The van der Waals surface area contributed by atoms with Crippen LogP contribution in [0.5, 0.6) is 5.75 Å². The maximum atomic E-state index is 14.0. The van der Waals surface area contributed by atoms with Crippen molar-refractivity contribution in [2.24, 2.45) is 23.7 Å². The first kappa shape index (κ1) is 34.7. The van der Waals surface area contributed by atoms with E-state index in [1.165, 1.54) is 18.2 Å². The number of carbonyl (C=O) groups excluding carboxylic acids is 5. The van der Waals surface area contributed by atoms with Crippen molar-refractivity contribution < 1.29 is 28.7 Å². The molecular weight excluding hydrogens is 588 g/mol. The summed E-state index contributed by atoms with van der Waals surface area (Å²) < 4.78 is 5.73. The maximum absolute atomic E-state index is 14.0. The number of fused-ring (bicyclic) bond motifs is 1. The Morgan fingerprint density at radius 2 is 1.34 bits per heavy atom. The first-order valence-electron chi connectivity index (χ1n) is 17.8. The highest BCUT2D eigenvalue weighted by atomic mass is 16.5. The van der Waals surface area contributed by atoms with Crippen LogP contribution in [0.4, 0.5) is 0 Å². The van der Waals surface area contributed by atoms with Gasteiger partial charge in [-0.25, -0.2) is 0 Å². The second-order valence-corrected chi connectivity index (χ2v) is 14.1. The van der Waals surface area contributed by atoms with Crippen LogP contribution >= 0.6 is 0 Å². The Kier molecular flexibility index (Phi) is 11.4. The molecule has 0 saturated heterocycles. The lowest BCUT2D eigenvalue weighted by molar-refractivity contribution is -0.137. The average molecular weight is 639 g/mol. The highest BCUT2D eigenvalue weighted by Crippen LogP contribution is 2.44. The van der Waals surface area contributed by atoms with E-state index in [2.05, 4.69) is 31.2 Å². The minimum atomic E-state index is -0.658. The summed E-state index contributed by atoms with van der Waals surface area (Å²) >= 11 is 0. The molecule has 0 bridgehead atoms. The molecule has 0 spiro atoms. The summed E-state index contributed by atoms with van der Waals surface area (Å²) in [4.78, 5) is 67.2. The molecule has 0 radical (unpaired) electrons. The predicted molar refractivity (Wildman–Crippen MR) is 184 cm³/mol. The Balaban J connectivity index is 1.35. The molecule has 3 aliphatic carbocycles. The molecule has 250 valence electrons. The summed E-state index contributed by atoms with van der Waals surface area (Å²) in [7, 11) is 1.53. The molecule has 0 N–H and O–H groups in total. The number of aryl methyl sites for hydroxylation is 1. The number of hydrogen-bond donors (Lipinski definition) is 0. The van der Waals surface area contributed by atoms with E-state index < -0.39 is 23.4 Å². The fraction of sp³-hybridized carbons (Fsp3) is 0.537. The van der Waals surface area contributed by atoms with Crippen molar-refractivity contribution in [3.63, 3.8) is 0 Å². The second-order valence-electron chi connectivity index (χ2n) is 14.1. The van der Waals surface area contributed by atoms with Crippen molar-refractivity contribution in [1.82, 2.24) is 0 Å². The first-order chi connectivity index (χ1) is 22.6. The standard InChI is InChI=1S/C41H50O6/c1-5-7-36(42)28-17-19-30(20-18-28)40(45)41(46)34-23-33(37(43)8-6-2)32-24-38(47-4)35(22-31(32)34)39(44)29-15-13-27(14-16-29)21-26-11-9-25(3)10-12-26/h9-12,22-24,27-30,33H,5-8,13-21H2,1-4H3. The van der Waals surface area contributed by atoms with Gasteiger partial charge in [-0.15, -0.1) is 0 Å². The minimum Gasteiger partial charge on any atom is -0.496 e. The molecular formula is C41H50O6. The van der Waals surface area contributed by atoms with Crippen molar-refractivity contribution in [2.75, 3.05) is 7.11 Å². The van der Waals surface area contributed by atoms with Gasteiger partial charge in [-0.2, -0.15) is 0 Å². The van der Waals surface area contributed by atoms with Crippen molar-refractivity contribution in [3.8, 4) is 5.75 Å². The summed E-state index contributed by atoms with van der Waals surface area (Å²) in [5, 5.41) is 0. The number of methoxy groups -OCH3 is 1. The van der Waals surface area contributed by atoms with E-state index in [0.29, 0.717) is 73.3 Å². The third kappa shape index (κ3) is 7.74. The molecule has 3 aliphatic rings. The molecule has 5 rings (SSSR count). The molecule has 0 heterocycles. The lowest BCUT2D eigenvalue weighted by Gasteiger charge is -2.28. The Morgan fingerprint density at radius 1 is 0.745 bits per heavy atom. The molecule has 2 aromatic carbocycles. The van der Waals surface area contributed by atoms with E-state index >= 15 is 0 Å². The lowest BCUT2D eigenvalue weighted by Crippen LogP contribution is -2.30. The van der Waals surface area contributed by atoms with Crippen LogP contribution < -0.4 is 4.74 Å². The van der Waals surface area contributed by atoms with Crippen LogP contribution in [0.2, 0.25) is 0 Å². The van der Waals surface area contributed by atoms with Gasteiger partial charge in [0, 0.05) is 36.2 Å². The fourth-order valence-corrected chi connectivity index (χ4v) is 8.01. The van der Waals surface area contributed by atoms with Gasteiger partial charge < -0.3 is 4.74 Å². The van der Waals surface area contributed by atoms with Gasteiger partial charge in [-0.1, -0.05) is 49.8 Å².